The summed E-state index contributed by atoms with van der Waals surface area (Å²) >= 11 is 12.6. The van der Waals surface area contributed by atoms with Crippen molar-refractivity contribution < 1.29 is 4.79 Å². The van der Waals surface area contributed by atoms with Crippen LogP contribution >= 0.6 is 43.5 Å². The molecule has 3 nitrogen and oxygen atoms in total. The Labute approximate surface area is 126 Å². The number of pyridine rings is 1. The fourth-order valence-corrected chi connectivity index (χ4v) is 2.25. The minimum Gasteiger partial charge on any atom is -0.321 e. The number of rotatable bonds is 2. The second-order valence-corrected chi connectivity index (χ2v) is 5.61. The quantitative estimate of drug-likeness (QED) is 0.820. The number of carbonyl (C=O) groups is 1. The van der Waals surface area contributed by atoms with Crippen LogP contribution in [0.5, 0.6) is 0 Å². The predicted octanol–water partition coefficient (Wildman–Crippen LogP) is 4.51. The van der Waals surface area contributed by atoms with E-state index in [0.29, 0.717) is 20.7 Å². The van der Waals surface area contributed by atoms with Crippen molar-refractivity contribution in [2.45, 2.75) is 0 Å². The van der Waals surface area contributed by atoms with E-state index in [9.17, 15) is 4.79 Å². The van der Waals surface area contributed by atoms with Gasteiger partial charge in [-0.25, -0.2) is 0 Å². The highest BCUT2D eigenvalue weighted by Gasteiger charge is 2.12. The fraction of sp³-hybridized carbons (Fsp3) is 0. The van der Waals surface area contributed by atoms with Crippen LogP contribution in [0.15, 0.2) is 45.6 Å². The molecule has 0 saturated carbocycles. The van der Waals surface area contributed by atoms with E-state index in [1.165, 1.54) is 0 Å². The van der Waals surface area contributed by atoms with Crippen LogP contribution in [0.2, 0.25) is 5.02 Å². The molecule has 2 aromatic rings. The summed E-state index contributed by atoms with van der Waals surface area (Å²) in [6.45, 7) is 0. The molecule has 6 heteroatoms. The van der Waals surface area contributed by atoms with Crippen molar-refractivity contribution in [3.05, 3.63) is 56.2 Å². The number of anilines is 1. The van der Waals surface area contributed by atoms with Crippen LogP contribution in [-0.4, -0.2) is 10.9 Å². The number of nitrogens with one attached hydrogen (secondary N) is 1. The third kappa shape index (κ3) is 3.10. The van der Waals surface area contributed by atoms with Gasteiger partial charge in [0, 0.05) is 16.9 Å². The van der Waals surface area contributed by atoms with Crippen LogP contribution in [-0.2, 0) is 0 Å². The van der Waals surface area contributed by atoms with E-state index >= 15 is 0 Å². The summed E-state index contributed by atoms with van der Waals surface area (Å²) in [6, 6.07) is 6.82. The van der Waals surface area contributed by atoms with Crippen molar-refractivity contribution in [2.75, 3.05) is 5.32 Å². The van der Waals surface area contributed by atoms with E-state index in [0.717, 1.165) is 4.47 Å². The highest BCUT2D eigenvalue weighted by atomic mass is 79.9. The molecule has 1 aromatic heterocycles. The number of hydrogen-bond donors (Lipinski definition) is 1. The molecule has 1 aromatic carbocycles. The van der Waals surface area contributed by atoms with Crippen LogP contribution in [0.4, 0.5) is 5.69 Å². The maximum atomic E-state index is 12.1. The van der Waals surface area contributed by atoms with Crippen LogP contribution < -0.4 is 5.32 Å². The standard InChI is InChI=1S/C12H7Br2ClN2O/c13-7-1-2-10(15)8(5-7)12(18)17-11-3-4-16-6-9(11)14/h1-6H,(H,16,17,18). The molecule has 1 amide bonds. The molecule has 1 N–H and O–H groups in total. The Bertz CT molecular complexity index is 604. The third-order valence-corrected chi connectivity index (χ3v) is 3.65. The number of amides is 1. The lowest BCUT2D eigenvalue weighted by atomic mass is 10.2. The molecule has 0 aliphatic rings. The number of halogens is 3. The van der Waals surface area contributed by atoms with E-state index in [1.807, 2.05) is 0 Å². The summed E-state index contributed by atoms with van der Waals surface area (Å²) < 4.78 is 1.51. The van der Waals surface area contributed by atoms with Gasteiger partial charge in [0.1, 0.15) is 0 Å². The van der Waals surface area contributed by atoms with Gasteiger partial charge >= 0.3 is 0 Å². The van der Waals surface area contributed by atoms with E-state index in [-0.39, 0.29) is 5.91 Å². The van der Waals surface area contributed by atoms with Crippen molar-refractivity contribution in [2.24, 2.45) is 0 Å². The van der Waals surface area contributed by atoms with Gasteiger partial charge in [0.2, 0.25) is 0 Å². The Kier molecular flexibility index (Phi) is 4.37. The van der Waals surface area contributed by atoms with Crippen LogP contribution in [0, 0.1) is 0 Å². The van der Waals surface area contributed by atoms with Crippen molar-refractivity contribution in [3.8, 4) is 0 Å². The first-order chi connectivity index (χ1) is 8.58. The third-order valence-electron chi connectivity index (χ3n) is 2.19. The summed E-state index contributed by atoms with van der Waals surface area (Å²) in [5.74, 6) is -0.270. The summed E-state index contributed by atoms with van der Waals surface area (Å²) in [5.41, 5.74) is 1.06. The summed E-state index contributed by atoms with van der Waals surface area (Å²) in [4.78, 5) is 16.0. The predicted molar refractivity (Wildman–Crippen MR) is 79.0 cm³/mol. The van der Waals surface area contributed by atoms with Crippen LogP contribution in [0.25, 0.3) is 0 Å². The molecule has 0 radical (unpaired) electrons. The van der Waals surface area contributed by atoms with Crippen molar-refractivity contribution in [1.29, 1.82) is 0 Å². The van der Waals surface area contributed by atoms with Crippen molar-refractivity contribution in [1.82, 2.24) is 4.98 Å². The number of carbonyl (C=O) groups excluding carboxylic acids is 1. The van der Waals surface area contributed by atoms with Crippen LogP contribution in [0.3, 0.4) is 0 Å². The molecule has 0 bridgehead atoms. The highest BCUT2D eigenvalue weighted by molar-refractivity contribution is 9.10. The SMILES string of the molecule is O=C(Nc1ccncc1Br)c1cc(Br)ccc1Cl. The second-order valence-electron chi connectivity index (χ2n) is 3.43. The number of hydrogen-bond acceptors (Lipinski definition) is 2. The lowest BCUT2D eigenvalue weighted by Crippen LogP contribution is -2.13. The van der Waals surface area contributed by atoms with Gasteiger partial charge in [0.25, 0.3) is 5.91 Å². The first kappa shape index (κ1) is 13.5. The monoisotopic (exact) mass is 388 g/mol. The van der Waals surface area contributed by atoms with Gasteiger partial charge in [-0.05, 0) is 40.2 Å². The van der Waals surface area contributed by atoms with Crippen molar-refractivity contribution >= 4 is 55.1 Å². The van der Waals surface area contributed by atoms with Gasteiger partial charge in [-0.1, -0.05) is 27.5 Å². The molecule has 92 valence electrons. The van der Waals surface area contributed by atoms with E-state index in [2.05, 4.69) is 42.2 Å². The maximum Gasteiger partial charge on any atom is 0.257 e. The van der Waals surface area contributed by atoms with E-state index in [4.69, 9.17) is 11.6 Å². The lowest BCUT2D eigenvalue weighted by Gasteiger charge is -2.08. The molecular weight excluding hydrogens is 383 g/mol. The zero-order valence-electron chi connectivity index (χ0n) is 8.95. The number of nitrogens with zero attached hydrogens (tertiary/aromatic N) is 1. The number of benzene rings is 1. The first-order valence-corrected chi connectivity index (χ1v) is 6.90. The molecule has 0 unspecified atom stereocenters. The van der Waals surface area contributed by atoms with Gasteiger partial charge < -0.3 is 5.32 Å². The second kappa shape index (κ2) is 5.82. The molecule has 0 fully saturated rings. The summed E-state index contributed by atoms with van der Waals surface area (Å²) in [6.07, 6.45) is 3.21. The lowest BCUT2D eigenvalue weighted by molar-refractivity contribution is 0.102. The highest BCUT2D eigenvalue weighted by Crippen LogP contribution is 2.24. The molecule has 0 aliphatic carbocycles. The molecule has 0 saturated heterocycles. The Balaban J connectivity index is 2.28. The normalized spacial score (nSPS) is 10.2. The maximum absolute atomic E-state index is 12.1. The zero-order valence-corrected chi connectivity index (χ0v) is 12.9. The topological polar surface area (TPSA) is 42.0 Å². The van der Waals surface area contributed by atoms with Gasteiger partial charge in [-0.15, -0.1) is 0 Å². The first-order valence-electron chi connectivity index (χ1n) is 4.94. The Morgan fingerprint density at radius 1 is 1.28 bits per heavy atom. The van der Waals surface area contributed by atoms with Gasteiger partial charge in [-0.3, -0.25) is 9.78 Å². The zero-order chi connectivity index (χ0) is 13.1. The minimum atomic E-state index is -0.270. The molecular formula is C12H7Br2ClN2O. The Hall–Kier alpha value is -0.910. The molecule has 0 aliphatic heterocycles. The van der Waals surface area contributed by atoms with E-state index < -0.39 is 0 Å². The van der Waals surface area contributed by atoms with Crippen molar-refractivity contribution in [3.63, 3.8) is 0 Å². The average Bonchev–Trinajstić information content (AvgIpc) is 2.35. The Morgan fingerprint density at radius 2 is 2.06 bits per heavy atom. The number of aromatic nitrogens is 1. The molecule has 18 heavy (non-hydrogen) atoms. The summed E-state index contributed by atoms with van der Waals surface area (Å²) in [5, 5.41) is 3.17. The van der Waals surface area contributed by atoms with Gasteiger partial charge in [0.05, 0.1) is 20.7 Å². The molecule has 2 rings (SSSR count). The molecule has 1 heterocycles. The largest absolute Gasteiger partial charge is 0.321 e. The smallest absolute Gasteiger partial charge is 0.257 e. The minimum absolute atomic E-state index is 0.270. The fourth-order valence-electron chi connectivity index (χ4n) is 1.34. The Morgan fingerprint density at radius 3 is 2.78 bits per heavy atom. The van der Waals surface area contributed by atoms with Gasteiger partial charge in [-0.2, -0.15) is 0 Å². The average molecular weight is 390 g/mol. The van der Waals surface area contributed by atoms with Crippen LogP contribution in [0.1, 0.15) is 10.4 Å². The van der Waals surface area contributed by atoms with E-state index in [1.54, 1.807) is 36.7 Å². The molecule has 0 spiro atoms. The summed E-state index contributed by atoms with van der Waals surface area (Å²) in [7, 11) is 0. The van der Waals surface area contributed by atoms with Gasteiger partial charge in [0.15, 0.2) is 0 Å². The molecule has 0 atom stereocenters.